The maximum atomic E-state index is 14.2. The van der Waals surface area contributed by atoms with Gasteiger partial charge in [-0.25, -0.2) is 17.5 Å². The van der Waals surface area contributed by atoms with E-state index in [0.29, 0.717) is 39.1 Å². The first kappa shape index (κ1) is 22.7. The SMILES string of the molecule is Cc1nn(CS(C)(=O)=O)cc1Nc1nc(N)c2c(-c3ccc(F)c4[nH]ncc34)nn(C(C)C)c2n1. The van der Waals surface area contributed by atoms with Crippen LogP contribution < -0.4 is 11.1 Å². The van der Waals surface area contributed by atoms with Gasteiger partial charge in [-0.05, 0) is 32.9 Å². The quantitative estimate of drug-likeness (QED) is 0.319. The number of aromatic amines is 1. The van der Waals surface area contributed by atoms with E-state index in [0.717, 1.165) is 6.26 Å². The average molecular weight is 499 g/mol. The molecule has 0 aliphatic heterocycles. The number of hydrogen-bond donors (Lipinski definition) is 3. The van der Waals surface area contributed by atoms with Crippen molar-refractivity contribution in [2.75, 3.05) is 17.3 Å². The summed E-state index contributed by atoms with van der Waals surface area (Å²) in [7, 11) is -3.26. The van der Waals surface area contributed by atoms with Crippen LogP contribution in [0.2, 0.25) is 0 Å². The normalized spacial score (nSPS) is 12.3. The second-order valence-corrected chi connectivity index (χ2v) is 10.7. The molecule has 5 rings (SSSR count). The van der Waals surface area contributed by atoms with E-state index in [1.165, 1.54) is 16.9 Å². The summed E-state index contributed by atoms with van der Waals surface area (Å²) < 4.78 is 40.5. The van der Waals surface area contributed by atoms with Gasteiger partial charge in [-0.1, -0.05) is 0 Å². The third-order valence-corrected chi connectivity index (χ3v) is 6.18. The fraction of sp³-hybridized carbons (Fsp3) is 0.286. The van der Waals surface area contributed by atoms with Crippen molar-refractivity contribution in [3.63, 3.8) is 0 Å². The van der Waals surface area contributed by atoms with Crippen LogP contribution in [0, 0.1) is 12.7 Å². The molecule has 0 bridgehead atoms. The third-order valence-electron chi connectivity index (χ3n) is 5.45. The van der Waals surface area contributed by atoms with E-state index in [4.69, 9.17) is 10.8 Å². The Morgan fingerprint density at radius 1 is 1.23 bits per heavy atom. The van der Waals surface area contributed by atoms with Crippen molar-refractivity contribution in [1.82, 2.24) is 39.7 Å². The van der Waals surface area contributed by atoms with Crippen molar-refractivity contribution < 1.29 is 12.8 Å². The average Bonchev–Trinajstić information content (AvgIpc) is 3.45. The molecule has 0 atom stereocenters. The van der Waals surface area contributed by atoms with Crippen molar-refractivity contribution in [2.24, 2.45) is 0 Å². The van der Waals surface area contributed by atoms with Crippen LogP contribution in [0.25, 0.3) is 33.2 Å². The van der Waals surface area contributed by atoms with Gasteiger partial charge >= 0.3 is 0 Å². The molecule has 0 radical (unpaired) electrons. The van der Waals surface area contributed by atoms with E-state index in [1.54, 1.807) is 23.9 Å². The highest BCUT2D eigenvalue weighted by Gasteiger charge is 2.23. The number of H-pyrrole nitrogens is 1. The van der Waals surface area contributed by atoms with E-state index in [9.17, 15) is 12.8 Å². The summed E-state index contributed by atoms with van der Waals surface area (Å²) in [5.41, 5.74) is 9.44. The zero-order chi connectivity index (χ0) is 25.1. The first-order chi connectivity index (χ1) is 16.5. The smallest absolute Gasteiger partial charge is 0.231 e. The van der Waals surface area contributed by atoms with E-state index < -0.39 is 15.7 Å². The molecule has 0 unspecified atom stereocenters. The molecule has 0 saturated heterocycles. The van der Waals surface area contributed by atoms with Gasteiger partial charge in [0.2, 0.25) is 5.95 Å². The van der Waals surface area contributed by atoms with Gasteiger partial charge in [0.1, 0.15) is 28.7 Å². The molecule has 14 heteroatoms. The van der Waals surface area contributed by atoms with Gasteiger partial charge in [0.15, 0.2) is 15.5 Å². The van der Waals surface area contributed by atoms with Crippen LogP contribution in [-0.2, 0) is 15.7 Å². The number of nitrogens with two attached hydrogens (primary N) is 1. The molecule has 0 aliphatic rings. The van der Waals surface area contributed by atoms with Gasteiger partial charge in [0.25, 0.3) is 0 Å². The zero-order valence-electron chi connectivity index (χ0n) is 19.4. The lowest BCUT2D eigenvalue weighted by atomic mass is 10.0. The van der Waals surface area contributed by atoms with Crippen LogP contribution >= 0.6 is 0 Å². The molecule has 1 aromatic carbocycles. The minimum absolute atomic E-state index is 0.0621. The number of nitrogens with zero attached hydrogens (tertiary/aromatic N) is 7. The number of aromatic nitrogens is 8. The van der Waals surface area contributed by atoms with Crippen molar-refractivity contribution in [3.05, 3.63) is 36.0 Å². The van der Waals surface area contributed by atoms with E-state index in [-0.39, 0.29) is 29.2 Å². The molecule has 0 saturated carbocycles. The van der Waals surface area contributed by atoms with Crippen LogP contribution in [0.4, 0.5) is 21.8 Å². The lowest BCUT2D eigenvalue weighted by Gasteiger charge is -2.08. The van der Waals surface area contributed by atoms with Crippen LogP contribution in [-0.4, -0.2) is 54.4 Å². The third kappa shape index (κ3) is 4.05. The molecule has 35 heavy (non-hydrogen) atoms. The summed E-state index contributed by atoms with van der Waals surface area (Å²) in [5, 5.41) is 19.8. The Balaban J connectivity index is 1.63. The van der Waals surface area contributed by atoms with Crippen LogP contribution in [0.5, 0.6) is 0 Å². The Labute approximate surface area is 199 Å². The van der Waals surface area contributed by atoms with Crippen molar-refractivity contribution in [2.45, 2.75) is 32.7 Å². The maximum Gasteiger partial charge on any atom is 0.231 e. The second kappa shape index (κ2) is 8.01. The summed E-state index contributed by atoms with van der Waals surface area (Å²) in [4.78, 5) is 9.07. The Kier molecular flexibility index (Phi) is 5.20. The molecule has 5 aromatic rings. The van der Waals surface area contributed by atoms with E-state index in [2.05, 4.69) is 30.6 Å². The number of anilines is 3. The highest BCUT2D eigenvalue weighted by molar-refractivity contribution is 7.89. The van der Waals surface area contributed by atoms with Crippen LogP contribution in [0.15, 0.2) is 24.5 Å². The van der Waals surface area contributed by atoms with Crippen molar-refractivity contribution >= 4 is 49.2 Å². The number of benzene rings is 1. The number of hydrogen-bond acceptors (Lipinski definition) is 9. The monoisotopic (exact) mass is 498 g/mol. The van der Waals surface area contributed by atoms with Gasteiger partial charge in [-0.2, -0.15) is 25.3 Å². The Bertz CT molecular complexity index is 1700. The first-order valence-corrected chi connectivity index (χ1v) is 12.7. The largest absolute Gasteiger partial charge is 0.383 e. The second-order valence-electron chi connectivity index (χ2n) is 8.62. The summed E-state index contributed by atoms with van der Waals surface area (Å²) in [6, 6.07) is 2.91. The van der Waals surface area contributed by atoms with Gasteiger partial charge < -0.3 is 11.1 Å². The van der Waals surface area contributed by atoms with Crippen LogP contribution in [0.3, 0.4) is 0 Å². The van der Waals surface area contributed by atoms with Gasteiger partial charge in [0, 0.05) is 29.4 Å². The molecule has 4 N–H and O–H groups in total. The number of sulfone groups is 1. The highest BCUT2D eigenvalue weighted by atomic mass is 32.2. The van der Waals surface area contributed by atoms with Gasteiger partial charge in [-0.15, -0.1) is 0 Å². The maximum absolute atomic E-state index is 14.2. The number of halogens is 1. The highest BCUT2D eigenvalue weighted by Crippen LogP contribution is 2.36. The molecule has 12 nitrogen and oxygen atoms in total. The summed E-state index contributed by atoms with van der Waals surface area (Å²) in [5.74, 6) is -0.280. The summed E-state index contributed by atoms with van der Waals surface area (Å²) in [6.07, 6.45) is 4.25. The molecule has 0 amide bonds. The molecule has 0 aliphatic carbocycles. The Hall–Kier alpha value is -4.07. The number of nitrogens with one attached hydrogen (secondary N) is 2. The number of nitrogen functional groups attached to an aromatic ring is 1. The van der Waals surface area contributed by atoms with E-state index >= 15 is 0 Å². The predicted molar refractivity (Wildman–Crippen MR) is 130 cm³/mol. The Morgan fingerprint density at radius 2 is 2.00 bits per heavy atom. The number of rotatable bonds is 6. The minimum Gasteiger partial charge on any atom is -0.383 e. The first-order valence-electron chi connectivity index (χ1n) is 10.7. The topological polar surface area (TPSA) is 162 Å². The van der Waals surface area contributed by atoms with Gasteiger partial charge in [-0.3, -0.25) is 9.78 Å². The lowest BCUT2D eigenvalue weighted by Crippen LogP contribution is -2.09. The van der Waals surface area contributed by atoms with Crippen LogP contribution in [0.1, 0.15) is 25.6 Å². The van der Waals surface area contributed by atoms with Crippen molar-refractivity contribution in [1.29, 1.82) is 0 Å². The lowest BCUT2D eigenvalue weighted by molar-refractivity contribution is 0.548. The molecule has 182 valence electrons. The van der Waals surface area contributed by atoms with Crippen molar-refractivity contribution in [3.8, 4) is 11.3 Å². The molecular weight excluding hydrogens is 475 g/mol. The number of aryl methyl sites for hydroxylation is 1. The predicted octanol–water partition coefficient (Wildman–Crippen LogP) is 2.92. The fourth-order valence-corrected chi connectivity index (χ4v) is 4.56. The Morgan fingerprint density at radius 3 is 2.71 bits per heavy atom. The summed E-state index contributed by atoms with van der Waals surface area (Å²) in [6.45, 7) is 5.66. The van der Waals surface area contributed by atoms with E-state index in [1.807, 2.05) is 13.8 Å². The fourth-order valence-electron chi connectivity index (χ4n) is 3.94. The molecular formula is C21H23FN10O2S. The minimum atomic E-state index is -3.26. The standard InChI is InChI=1S/C21H23FN10O2S/c1-10(2)32-20-16(18(30-32)12-5-6-14(22)17-13(12)7-24-28-17)19(23)26-21(27-20)25-15-8-31(29-11(15)3)9-35(4,33)34/h5-8,10H,9H2,1-4H3,(H,24,28)(H3,23,25,26,27). The summed E-state index contributed by atoms with van der Waals surface area (Å²) >= 11 is 0. The van der Waals surface area contributed by atoms with Gasteiger partial charge in [0.05, 0.1) is 23.0 Å². The zero-order valence-corrected chi connectivity index (χ0v) is 20.2. The molecule has 0 spiro atoms. The molecule has 0 fully saturated rings. The number of fused-ring (bicyclic) bond motifs is 2. The molecule has 4 aromatic heterocycles. The molecule has 4 heterocycles.